The lowest BCUT2D eigenvalue weighted by atomic mass is 10.3. The molecule has 0 unspecified atom stereocenters. The van der Waals surface area contributed by atoms with Crippen molar-refractivity contribution in [3.8, 4) is 17.1 Å². The van der Waals surface area contributed by atoms with Crippen LogP contribution in [0.5, 0.6) is 5.75 Å². The maximum atomic E-state index is 12.2. The molecule has 0 saturated heterocycles. The van der Waals surface area contributed by atoms with Gasteiger partial charge in [-0.1, -0.05) is 11.8 Å². The number of benzene rings is 1. The van der Waals surface area contributed by atoms with Crippen molar-refractivity contribution in [2.45, 2.75) is 32.0 Å². The Hall–Kier alpha value is -2.87. The second kappa shape index (κ2) is 9.89. The summed E-state index contributed by atoms with van der Waals surface area (Å²) in [6, 6.07) is 11.2. The van der Waals surface area contributed by atoms with Crippen molar-refractivity contribution in [3.63, 3.8) is 0 Å². The van der Waals surface area contributed by atoms with Crippen molar-refractivity contribution in [1.82, 2.24) is 19.7 Å². The number of nitrogens with zero attached hydrogens (tertiary/aromatic N) is 4. The molecule has 2 heterocycles. The lowest BCUT2D eigenvalue weighted by Crippen LogP contribution is -2.12. The molecule has 0 fully saturated rings. The zero-order valence-corrected chi connectivity index (χ0v) is 16.8. The summed E-state index contributed by atoms with van der Waals surface area (Å²) < 4.78 is 7.43. The maximum absolute atomic E-state index is 12.2. The monoisotopic (exact) mass is 397 g/mol. The maximum Gasteiger partial charge on any atom is 0.225 e. The van der Waals surface area contributed by atoms with Crippen LogP contribution in [0, 0.1) is 0 Å². The van der Waals surface area contributed by atoms with E-state index in [1.807, 2.05) is 54.8 Å². The molecule has 1 N–H and O–H groups in total. The normalized spacial score (nSPS) is 10.6. The fraction of sp³-hybridized carbons (Fsp3) is 0.300. The summed E-state index contributed by atoms with van der Waals surface area (Å²) in [5.41, 5.74) is 1.69. The minimum atomic E-state index is -0.0355. The summed E-state index contributed by atoms with van der Waals surface area (Å²) >= 11 is 1.52. The largest absolute Gasteiger partial charge is 0.494 e. The van der Waals surface area contributed by atoms with E-state index in [4.69, 9.17) is 4.74 Å². The van der Waals surface area contributed by atoms with Crippen molar-refractivity contribution < 1.29 is 9.53 Å². The summed E-state index contributed by atoms with van der Waals surface area (Å²) in [6.45, 7) is 5.35. The first kappa shape index (κ1) is 19.9. The third-order valence-electron chi connectivity index (χ3n) is 3.96. The van der Waals surface area contributed by atoms with Crippen molar-refractivity contribution in [2.24, 2.45) is 0 Å². The lowest BCUT2D eigenvalue weighted by Gasteiger charge is -2.08. The summed E-state index contributed by atoms with van der Waals surface area (Å²) in [6.07, 6.45) is 3.89. The molecule has 8 heteroatoms. The number of hydrogen-bond acceptors (Lipinski definition) is 6. The van der Waals surface area contributed by atoms with Gasteiger partial charge in [-0.15, -0.1) is 10.2 Å². The number of aromatic nitrogens is 4. The number of ether oxygens (including phenoxy) is 1. The second-order valence-corrected chi connectivity index (χ2v) is 6.96. The molecule has 3 rings (SSSR count). The van der Waals surface area contributed by atoms with Crippen molar-refractivity contribution in [1.29, 1.82) is 0 Å². The molecule has 0 atom stereocenters. The molecule has 28 heavy (non-hydrogen) atoms. The quantitative estimate of drug-likeness (QED) is 0.552. The third-order valence-corrected chi connectivity index (χ3v) is 4.93. The Labute approximate surface area is 168 Å². The number of hydrogen-bond donors (Lipinski definition) is 1. The van der Waals surface area contributed by atoms with Gasteiger partial charge < -0.3 is 14.6 Å². The number of pyridine rings is 1. The van der Waals surface area contributed by atoms with Crippen LogP contribution in [0.2, 0.25) is 0 Å². The molecule has 0 aliphatic heterocycles. The molecule has 3 aromatic rings. The van der Waals surface area contributed by atoms with E-state index in [9.17, 15) is 4.79 Å². The van der Waals surface area contributed by atoms with Gasteiger partial charge in [0.25, 0.3) is 0 Å². The Morgan fingerprint density at radius 1 is 1.18 bits per heavy atom. The Balaban J connectivity index is 1.53. The topological polar surface area (TPSA) is 81.9 Å². The predicted octanol–water partition coefficient (Wildman–Crippen LogP) is 3.88. The second-order valence-electron chi connectivity index (χ2n) is 5.90. The molecule has 7 nitrogen and oxygen atoms in total. The van der Waals surface area contributed by atoms with Crippen LogP contribution in [0.4, 0.5) is 5.69 Å². The average molecular weight is 398 g/mol. The molecular formula is C20H23N5O2S. The standard InChI is InChI=1S/C20H23N5O2S/c1-3-25-19(15-6-5-12-21-14-15)23-24-20(25)28-13-11-18(26)22-16-7-9-17(10-8-16)27-4-2/h5-10,12,14H,3-4,11,13H2,1-2H3,(H,22,26). The highest BCUT2D eigenvalue weighted by atomic mass is 32.2. The van der Waals surface area contributed by atoms with E-state index in [0.717, 1.165) is 34.5 Å². The molecular weight excluding hydrogens is 374 g/mol. The van der Waals surface area contributed by atoms with E-state index in [2.05, 4.69) is 20.5 Å². The summed E-state index contributed by atoms with van der Waals surface area (Å²) in [5.74, 6) is 2.16. The number of carbonyl (C=O) groups is 1. The zero-order chi connectivity index (χ0) is 19.8. The highest BCUT2D eigenvalue weighted by Crippen LogP contribution is 2.24. The molecule has 0 aliphatic carbocycles. The van der Waals surface area contributed by atoms with Crippen LogP contribution in [-0.4, -0.2) is 38.0 Å². The summed E-state index contributed by atoms with van der Waals surface area (Å²) in [4.78, 5) is 16.3. The van der Waals surface area contributed by atoms with Gasteiger partial charge in [0.1, 0.15) is 5.75 Å². The van der Waals surface area contributed by atoms with Gasteiger partial charge in [0.05, 0.1) is 6.61 Å². The summed E-state index contributed by atoms with van der Waals surface area (Å²) in [5, 5.41) is 12.3. The van der Waals surface area contributed by atoms with Gasteiger partial charge in [-0.2, -0.15) is 0 Å². The van der Waals surface area contributed by atoms with Gasteiger partial charge in [0.15, 0.2) is 11.0 Å². The molecule has 1 amide bonds. The van der Waals surface area contributed by atoms with Crippen LogP contribution in [0.3, 0.4) is 0 Å². The zero-order valence-electron chi connectivity index (χ0n) is 16.0. The molecule has 146 valence electrons. The van der Waals surface area contributed by atoms with E-state index >= 15 is 0 Å². The number of carbonyl (C=O) groups excluding carboxylic acids is 1. The molecule has 0 radical (unpaired) electrons. The van der Waals surface area contributed by atoms with Crippen molar-refractivity contribution in [3.05, 3.63) is 48.8 Å². The van der Waals surface area contributed by atoms with Gasteiger partial charge in [-0.25, -0.2) is 0 Å². The Morgan fingerprint density at radius 3 is 2.68 bits per heavy atom. The Kier molecular flexibility index (Phi) is 7.02. The summed E-state index contributed by atoms with van der Waals surface area (Å²) in [7, 11) is 0. The van der Waals surface area contributed by atoms with E-state index in [1.165, 1.54) is 11.8 Å². The van der Waals surface area contributed by atoms with Crippen molar-refractivity contribution in [2.75, 3.05) is 17.7 Å². The van der Waals surface area contributed by atoms with Crippen LogP contribution in [0.15, 0.2) is 53.9 Å². The average Bonchev–Trinajstić information content (AvgIpc) is 3.13. The molecule has 0 bridgehead atoms. The minimum absolute atomic E-state index is 0.0355. The fourth-order valence-corrected chi connectivity index (χ4v) is 3.59. The Bertz CT molecular complexity index is 897. The number of nitrogens with one attached hydrogen (secondary N) is 1. The Morgan fingerprint density at radius 2 is 2.00 bits per heavy atom. The van der Waals surface area contributed by atoms with Crippen molar-refractivity contribution >= 4 is 23.4 Å². The molecule has 1 aromatic carbocycles. The molecule has 0 aliphatic rings. The van der Waals surface area contributed by atoms with E-state index < -0.39 is 0 Å². The van der Waals surface area contributed by atoms with Crippen LogP contribution in [-0.2, 0) is 11.3 Å². The van der Waals surface area contributed by atoms with E-state index in [1.54, 1.807) is 12.4 Å². The highest BCUT2D eigenvalue weighted by molar-refractivity contribution is 7.99. The fourth-order valence-electron chi connectivity index (χ4n) is 2.65. The first-order chi connectivity index (χ1) is 13.7. The van der Waals surface area contributed by atoms with Gasteiger partial charge >= 0.3 is 0 Å². The number of rotatable bonds is 9. The smallest absolute Gasteiger partial charge is 0.225 e. The van der Waals surface area contributed by atoms with E-state index in [-0.39, 0.29) is 5.91 Å². The van der Waals surface area contributed by atoms with E-state index in [0.29, 0.717) is 18.8 Å². The van der Waals surface area contributed by atoms with Gasteiger partial charge in [0.2, 0.25) is 5.91 Å². The van der Waals surface area contributed by atoms with Crippen LogP contribution in [0.1, 0.15) is 20.3 Å². The number of thioether (sulfide) groups is 1. The third kappa shape index (κ3) is 5.10. The van der Waals surface area contributed by atoms with Crippen LogP contribution in [0.25, 0.3) is 11.4 Å². The highest BCUT2D eigenvalue weighted by Gasteiger charge is 2.13. The van der Waals surface area contributed by atoms with Crippen LogP contribution >= 0.6 is 11.8 Å². The minimum Gasteiger partial charge on any atom is -0.494 e. The predicted molar refractivity (Wildman–Crippen MR) is 111 cm³/mol. The SMILES string of the molecule is CCOc1ccc(NC(=O)CCSc2nnc(-c3cccnc3)n2CC)cc1. The number of amides is 1. The van der Waals surface area contributed by atoms with Gasteiger partial charge in [0, 0.05) is 42.4 Å². The van der Waals surface area contributed by atoms with Gasteiger partial charge in [-0.3, -0.25) is 9.78 Å². The number of anilines is 1. The first-order valence-corrected chi connectivity index (χ1v) is 10.2. The molecule has 2 aromatic heterocycles. The first-order valence-electron chi connectivity index (χ1n) is 9.20. The molecule has 0 saturated carbocycles. The van der Waals surface area contributed by atoms with Gasteiger partial charge in [-0.05, 0) is 50.2 Å². The lowest BCUT2D eigenvalue weighted by molar-refractivity contribution is -0.115. The van der Waals surface area contributed by atoms with Crippen LogP contribution < -0.4 is 10.1 Å². The molecule has 0 spiro atoms.